The molecule has 0 atom stereocenters. The quantitative estimate of drug-likeness (QED) is 0.160. The van der Waals surface area contributed by atoms with Gasteiger partial charge in [-0.1, -0.05) is 148 Å². The number of hydrogen-bond acceptors (Lipinski definition) is 4. The summed E-state index contributed by atoms with van der Waals surface area (Å²) in [6.45, 7) is 21.7. The fourth-order valence-corrected chi connectivity index (χ4v) is 13.6. The van der Waals surface area contributed by atoms with Crippen LogP contribution in [0.4, 0.5) is 17.1 Å². The predicted octanol–water partition coefficient (Wildman–Crippen LogP) is 21.1. The van der Waals surface area contributed by atoms with Gasteiger partial charge in [0.15, 0.2) is 0 Å². The molecule has 0 amide bonds. The standard InChI is InChI=1S/C29H24.C21H21N.C21H18S3/c1-17-5-9-21-22-10-6-18(2)14-26(22)29(25(21)13-17)27-15-19(3)7-11-23(27)24-12-8-20(4)16-28(24)29;1-16-4-10-19(11-5-16)22(20-12-6-17(2)7-13-20)21-14-8-18(3)9-15-21;1-13-4-7-19(22-13)16-10-17(20-8-5-14(2)23-20)12-18(11-16)21-9-6-15(3)24-21/h5-16H,1-4H3;4-15H,1-3H3;4-12H,1-3H3. The Morgan fingerprint density at radius 3 is 0.720 bits per heavy atom. The van der Waals surface area contributed by atoms with Crippen LogP contribution in [0.1, 0.15) is 75.8 Å². The predicted molar refractivity (Wildman–Crippen MR) is 328 cm³/mol. The van der Waals surface area contributed by atoms with E-state index in [1.165, 1.54) is 146 Å². The first-order chi connectivity index (χ1) is 36.2. The van der Waals surface area contributed by atoms with Crippen LogP contribution in [0, 0.1) is 69.2 Å². The zero-order valence-electron chi connectivity index (χ0n) is 44.7. The lowest BCUT2D eigenvalue weighted by Gasteiger charge is -2.31. The van der Waals surface area contributed by atoms with Crippen molar-refractivity contribution in [2.24, 2.45) is 0 Å². The summed E-state index contributed by atoms with van der Waals surface area (Å²) >= 11 is 5.60. The molecule has 3 heterocycles. The molecule has 370 valence electrons. The van der Waals surface area contributed by atoms with Gasteiger partial charge in [-0.25, -0.2) is 0 Å². The van der Waals surface area contributed by atoms with Crippen molar-refractivity contribution < 1.29 is 0 Å². The molecular formula is C71H63NS3. The molecule has 1 spiro atoms. The van der Waals surface area contributed by atoms with Gasteiger partial charge in [0, 0.05) is 46.3 Å². The Kier molecular flexibility index (Phi) is 13.6. The van der Waals surface area contributed by atoms with Gasteiger partial charge in [0.05, 0.1) is 5.41 Å². The Morgan fingerprint density at radius 1 is 0.253 bits per heavy atom. The van der Waals surface area contributed by atoms with Crippen LogP contribution in [-0.2, 0) is 5.41 Å². The van der Waals surface area contributed by atoms with Crippen molar-refractivity contribution >= 4 is 51.1 Å². The maximum atomic E-state index is 2.42. The number of thiophene rings is 3. The molecule has 2 aliphatic carbocycles. The number of benzene rings is 8. The first kappa shape index (κ1) is 49.9. The van der Waals surface area contributed by atoms with E-state index in [2.05, 4.69) is 274 Å². The van der Waals surface area contributed by atoms with E-state index < -0.39 is 0 Å². The molecule has 8 aromatic carbocycles. The molecule has 0 N–H and O–H groups in total. The maximum absolute atomic E-state index is 2.42. The Morgan fingerprint density at radius 2 is 0.493 bits per heavy atom. The van der Waals surface area contributed by atoms with Gasteiger partial charge in [-0.3, -0.25) is 0 Å². The van der Waals surface area contributed by atoms with Crippen LogP contribution in [0.3, 0.4) is 0 Å². The molecule has 1 nitrogen and oxygen atoms in total. The first-order valence-electron chi connectivity index (χ1n) is 26.0. The second kappa shape index (κ2) is 20.4. The molecule has 0 bridgehead atoms. The van der Waals surface area contributed by atoms with Crippen molar-refractivity contribution in [1.29, 1.82) is 0 Å². The van der Waals surface area contributed by atoms with Crippen molar-refractivity contribution in [2.45, 2.75) is 74.7 Å². The summed E-state index contributed by atoms with van der Waals surface area (Å²) < 4.78 is 0. The van der Waals surface area contributed by atoms with E-state index in [-0.39, 0.29) is 5.41 Å². The van der Waals surface area contributed by atoms with Gasteiger partial charge in [-0.15, -0.1) is 34.0 Å². The molecule has 3 aromatic heterocycles. The van der Waals surface area contributed by atoms with E-state index in [4.69, 9.17) is 0 Å². The highest BCUT2D eigenvalue weighted by Gasteiger charge is 2.51. The van der Waals surface area contributed by atoms with E-state index in [1.807, 2.05) is 34.0 Å². The monoisotopic (exact) mass is 1030 g/mol. The Balaban J connectivity index is 0.000000122. The number of rotatable bonds is 6. The largest absolute Gasteiger partial charge is 0.311 e. The molecular weight excluding hydrogens is 963 g/mol. The van der Waals surface area contributed by atoms with E-state index in [1.54, 1.807) is 0 Å². The van der Waals surface area contributed by atoms with Crippen molar-refractivity contribution in [3.8, 4) is 53.6 Å². The highest BCUT2D eigenvalue weighted by Crippen LogP contribution is 2.63. The average Bonchev–Trinajstić information content (AvgIpc) is 4.42. The molecule has 0 unspecified atom stereocenters. The zero-order valence-corrected chi connectivity index (χ0v) is 47.2. The van der Waals surface area contributed by atoms with Gasteiger partial charge in [0.25, 0.3) is 0 Å². The van der Waals surface area contributed by atoms with E-state index >= 15 is 0 Å². The first-order valence-corrected chi connectivity index (χ1v) is 28.5. The summed E-state index contributed by atoms with van der Waals surface area (Å²) in [7, 11) is 0. The van der Waals surface area contributed by atoms with Gasteiger partial charge in [0.1, 0.15) is 0 Å². The number of aryl methyl sites for hydroxylation is 10. The smallest absolute Gasteiger partial charge is 0.0725 e. The normalized spacial score (nSPS) is 12.2. The number of hydrogen-bond donors (Lipinski definition) is 0. The summed E-state index contributed by atoms with van der Waals surface area (Å²) in [5.74, 6) is 0. The molecule has 0 aliphatic heterocycles. The number of fused-ring (bicyclic) bond motifs is 10. The molecule has 4 heteroatoms. The third-order valence-corrected chi connectivity index (χ3v) is 17.9. The number of nitrogens with zero attached hydrogens (tertiary/aromatic N) is 1. The third kappa shape index (κ3) is 9.68. The minimum atomic E-state index is -0.217. The minimum Gasteiger partial charge on any atom is -0.311 e. The van der Waals surface area contributed by atoms with Gasteiger partial charge >= 0.3 is 0 Å². The van der Waals surface area contributed by atoms with Gasteiger partial charge < -0.3 is 4.90 Å². The second-order valence-corrected chi connectivity index (χ2v) is 24.7. The van der Waals surface area contributed by atoms with Gasteiger partial charge in [-0.2, -0.15) is 0 Å². The Labute approximate surface area is 457 Å². The molecule has 2 aliphatic rings. The van der Waals surface area contributed by atoms with Gasteiger partial charge in [0.2, 0.25) is 0 Å². The fraction of sp³-hybridized carbons (Fsp3) is 0.155. The van der Waals surface area contributed by atoms with E-state index in [0.717, 1.165) is 0 Å². The Hall–Kier alpha value is -7.34. The van der Waals surface area contributed by atoms with Gasteiger partial charge in [-0.05, 0) is 221 Å². The lowest BCUT2D eigenvalue weighted by Crippen LogP contribution is -2.26. The fourth-order valence-electron chi connectivity index (χ4n) is 11.0. The molecule has 0 saturated carbocycles. The van der Waals surface area contributed by atoms with Crippen LogP contribution in [0.15, 0.2) is 200 Å². The second-order valence-electron chi connectivity index (χ2n) is 20.8. The van der Waals surface area contributed by atoms with Crippen molar-refractivity contribution in [2.75, 3.05) is 4.90 Å². The highest BCUT2D eigenvalue weighted by atomic mass is 32.1. The SMILES string of the molecule is Cc1ccc(-c2cc(-c3ccc(C)s3)cc(-c3ccc(C)s3)c2)s1.Cc1ccc(N(c2ccc(C)cc2)c2ccc(C)cc2)cc1.Cc1ccc2c(c1)C1(c3cc(C)ccc3-2)c2cc(C)ccc2-c2ccc(C)cc21. The highest BCUT2D eigenvalue weighted by molar-refractivity contribution is 7.16. The van der Waals surface area contributed by atoms with Crippen LogP contribution < -0.4 is 4.90 Å². The summed E-state index contributed by atoms with van der Waals surface area (Å²) in [5.41, 5.74) is 27.7. The van der Waals surface area contributed by atoms with E-state index in [9.17, 15) is 0 Å². The third-order valence-electron chi connectivity index (χ3n) is 14.8. The zero-order chi connectivity index (χ0) is 52.1. The molecule has 13 rings (SSSR count). The van der Waals surface area contributed by atoms with Crippen LogP contribution in [0.2, 0.25) is 0 Å². The molecule has 11 aromatic rings. The summed E-state index contributed by atoms with van der Waals surface area (Å²) in [5, 5.41) is 0. The molecule has 0 radical (unpaired) electrons. The topological polar surface area (TPSA) is 3.24 Å². The van der Waals surface area contributed by atoms with Crippen molar-refractivity contribution in [3.63, 3.8) is 0 Å². The van der Waals surface area contributed by atoms with Crippen LogP contribution >= 0.6 is 34.0 Å². The molecule has 75 heavy (non-hydrogen) atoms. The average molecular weight is 1030 g/mol. The lowest BCUT2D eigenvalue weighted by molar-refractivity contribution is 0.789. The molecule has 0 saturated heterocycles. The van der Waals surface area contributed by atoms with Crippen LogP contribution in [0.5, 0.6) is 0 Å². The maximum Gasteiger partial charge on any atom is 0.0725 e. The summed E-state index contributed by atoms with van der Waals surface area (Å²) in [4.78, 5) is 10.4. The summed E-state index contributed by atoms with van der Waals surface area (Å²) in [6.07, 6.45) is 0. The summed E-state index contributed by atoms with van der Waals surface area (Å²) in [6, 6.07) is 74.4. The lowest BCUT2D eigenvalue weighted by atomic mass is 9.70. The van der Waals surface area contributed by atoms with Crippen molar-refractivity contribution in [1.82, 2.24) is 0 Å². The Bertz CT molecular complexity index is 3420. The van der Waals surface area contributed by atoms with Crippen molar-refractivity contribution in [3.05, 3.63) is 276 Å². The number of anilines is 3. The molecule has 0 fully saturated rings. The van der Waals surface area contributed by atoms with E-state index in [0.29, 0.717) is 0 Å². The minimum absolute atomic E-state index is 0.217. The van der Waals surface area contributed by atoms with Crippen LogP contribution in [0.25, 0.3) is 53.6 Å². The van der Waals surface area contributed by atoms with Crippen LogP contribution in [-0.4, -0.2) is 0 Å².